The molecule has 4 rings (SSSR count). The Balaban J connectivity index is 2.09. The summed E-state index contributed by atoms with van der Waals surface area (Å²) < 4.78 is 23.4. The standard InChI is InChI=1S/C26H31N3O6/c1-4-34-25(30)22-20(11-14-32-3)29-24(23(22)26(31)35-5-2)19(18-9-7-6-8-10-18)17-21(27-29)28-12-15-33-16-13-28/h6-10,17H,4-5,11-16H2,1-3H3. The summed E-state index contributed by atoms with van der Waals surface area (Å²) >= 11 is 0. The van der Waals surface area contributed by atoms with Gasteiger partial charge in [0.1, 0.15) is 11.4 Å². The summed E-state index contributed by atoms with van der Waals surface area (Å²) in [6.07, 6.45) is 0.360. The molecule has 2 aromatic heterocycles. The molecular formula is C26H31N3O6. The van der Waals surface area contributed by atoms with E-state index in [9.17, 15) is 9.59 Å². The lowest BCUT2D eigenvalue weighted by Gasteiger charge is -2.28. The van der Waals surface area contributed by atoms with Crippen LogP contribution in [0.1, 0.15) is 40.3 Å². The molecule has 0 aliphatic carbocycles. The van der Waals surface area contributed by atoms with Crippen LogP contribution in [0.4, 0.5) is 5.82 Å². The number of anilines is 1. The van der Waals surface area contributed by atoms with E-state index < -0.39 is 11.9 Å². The first-order valence-electron chi connectivity index (χ1n) is 11.9. The molecule has 1 aliphatic heterocycles. The fraction of sp³-hybridized carbons (Fsp3) is 0.423. The van der Waals surface area contributed by atoms with Gasteiger partial charge in [-0.25, -0.2) is 14.1 Å². The zero-order valence-corrected chi connectivity index (χ0v) is 20.4. The fourth-order valence-electron chi connectivity index (χ4n) is 4.34. The van der Waals surface area contributed by atoms with E-state index in [0.29, 0.717) is 50.5 Å². The van der Waals surface area contributed by atoms with E-state index in [4.69, 9.17) is 24.0 Å². The normalized spacial score (nSPS) is 13.7. The van der Waals surface area contributed by atoms with Gasteiger partial charge in [0.05, 0.1) is 49.8 Å². The molecule has 3 aromatic rings. The molecule has 0 radical (unpaired) electrons. The van der Waals surface area contributed by atoms with Gasteiger partial charge in [0, 0.05) is 32.2 Å². The SMILES string of the molecule is CCOC(=O)c1c(C(=O)OCC)c2c(-c3ccccc3)cc(N3CCOCC3)nn2c1CCOC. The first kappa shape index (κ1) is 24.7. The fourth-order valence-corrected chi connectivity index (χ4v) is 4.34. The number of benzene rings is 1. The van der Waals surface area contributed by atoms with Crippen LogP contribution in [-0.4, -0.2) is 74.8 Å². The Hall–Kier alpha value is -3.43. The summed E-state index contributed by atoms with van der Waals surface area (Å²) in [6.45, 7) is 6.74. The Kier molecular flexibility index (Phi) is 7.99. The molecule has 1 fully saturated rings. The quantitative estimate of drug-likeness (QED) is 0.430. The number of carbonyl (C=O) groups excluding carboxylic acids is 2. The molecule has 0 unspecified atom stereocenters. The molecule has 0 atom stereocenters. The van der Waals surface area contributed by atoms with Crippen molar-refractivity contribution < 1.29 is 28.5 Å². The highest BCUT2D eigenvalue weighted by Gasteiger charge is 2.33. The maximum Gasteiger partial charge on any atom is 0.341 e. The van der Waals surface area contributed by atoms with Crippen LogP contribution in [-0.2, 0) is 25.4 Å². The van der Waals surface area contributed by atoms with E-state index in [1.807, 2.05) is 36.4 Å². The predicted molar refractivity (Wildman–Crippen MR) is 131 cm³/mol. The molecule has 186 valence electrons. The third kappa shape index (κ3) is 5.01. The van der Waals surface area contributed by atoms with E-state index >= 15 is 0 Å². The highest BCUT2D eigenvalue weighted by Crippen LogP contribution is 2.36. The van der Waals surface area contributed by atoms with Gasteiger partial charge < -0.3 is 23.8 Å². The largest absolute Gasteiger partial charge is 0.462 e. The molecule has 1 aliphatic rings. The molecule has 9 heteroatoms. The number of fused-ring (bicyclic) bond motifs is 1. The molecule has 1 aromatic carbocycles. The van der Waals surface area contributed by atoms with Crippen molar-refractivity contribution in [2.75, 3.05) is 58.1 Å². The number of methoxy groups -OCH3 is 1. The van der Waals surface area contributed by atoms with Gasteiger partial charge in [0.15, 0.2) is 0 Å². The second kappa shape index (κ2) is 11.3. The highest BCUT2D eigenvalue weighted by molar-refractivity contribution is 6.12. The van der Waals surface area contributed by atoms with Crippen LogP contribution in [0.3, 0.4) is 0 Å². The van der Waals surface area contributed by atoms with E-state index in [2.05, 4.69) is 4.90 Å². The summed E-state index contributed by atoms with van der Waals surface area (Å²) in [5.41, 5.74) is 3.07. The van der Waals surface area contributed by atoms with Crippen molar-refractivity contribution in [3.8, 4) is 11.1 Å². The minimum absolute atomic E-state index is 0.163. The number of aromatic nitrogens is 2. The minimum atomic E-state index is -0.588. The molecule has 0 spiro atoms. The van der Waals surface area contributed by atoms with Gasteiger partial charge >= 0.3 is 11.9 Å². The molecule has 9 nitrogen and oxygen atoms in total. The number of ether oxygens (including phenoxy) is 4. The Morgan fingerprint density at radius 1 is 1.00 bits per heavy atom. The average Bonchev–Trinajstić information content (AvgIpc) is 3.22. The molecule has 0 N–H and O–H groups in total. The van der Waals surface area contributed by atoms with Crippen LogP contribution in [0.5, 0.6) is 0 Å². The smallest absolute Gasteiger partial charge is 0.341 e. The van der Waals surface area contributed by atoms with Crippen LogP contribution in [0, 0.1) is 0 Å². The molecule has 1 saturated heterocycles. The van der Waals surface area contributed by atoms with Gasteiger partial charge in [-0.15, -0.1) is 5.10 Å². The number of hydrogen-bond acceptors (Lipinski definition) is 8. The lowest BCUT2D eigenvalue weighted by Crippen LogP contribution is -2.37. The van der Waals surface area contributed by atoms with Crippen molar-refractivity contribution in [3.63, 3.8) is 0 Å². The molecule has 0 amide bonds. The summed E-state index contributed by atoms with van der Waals surface area (Å²) in [5.74, 6) is -0.437. The minimum Gasteiger partial charge on any atom is -0.462 e. The van der Waals surface area contributed by atoms with Crippen molar-refractivity contribution in [2.24, 2.45) is 0 Å². The number of rotatable bonds is 9. The number of morpholine rings is 1. The Labute approximate surface area is 204 Å². The van der Waals surface area contributed by atoms with Gasteiger partial charge in [-0.3, -0.25) is 0 Å². The zero-order chi connectivity index (χ0) is 24.8. The second-order valence-corrected chi connectivity index (χ2v) is 8.02. The van der Waals surface area contributed by atoms with E-state index in [1.165, 1.54) is 0 Å². The lowest BCUT2D eigenvalue weighted by atomic mass is 10.0. The van der Waals surface area contributed by atoms with Crippen molar-refractivity contribution in [3.05, 3.63) is 53.2 Å². The van der Waals surface area contributed by atoms with E-state index in [-0.39, 0.29) is 24.3 Å². The number of esters is 2. The Morgan fingerprint density at radius 2 is 1.66 bits per heavy atom. The Bertz CT molecular complexity index is 1190. The zero-order valence-electron chi connectivity index (χ0n) is 20.4. The van der Waals surface area contributed by atoms with Gasteiger partial charge in [0.25, 0.3) is 0 Å². The lowest BCUT2D eigenvalue weighted by molar-refractivity contribution is 0.0480. The molecule has 3 heterocycles. The van der Waals surface area contributed by atoms with Gasteiger partial charge in [0.2, 0.25) is 0 Å². The van der Waals surface area contributed by atoms with Crippen LogP contribution in [0.25, 0.3) is 16.6 Å². The van der Waals surface area contributed by atoms with Crippen LogP contribution < -0.4 is 4.90 Å². The first-order chi connectivity index (χ1) is 17.1. The number of carbonyl (C=O) groups is 2. The second-order valence-electron chi connectivity index (χ2n) is 8.02. The number of nitrogens with zero attached hydrogens (tertiary/aromatic N) is 3. The third-order valence-electron chi connectivity index (χ3n) is 5.90. The third-order valence-corrected chi connectivity index (χ3v) is 5.90. The Morgan fingerprint density at radius 3 is 2.29 bits per heavy atom. The molecular weight excluding hydrogens is 450 g/mol. The summed E-state index contributed by atoms with van der Waals surface area (Å²) in [5, 5.41) is 4.92. The first-order valence-corrected chi connectivity index (χ1v) is 11.9. The maximum absolute atomic E-state index is 13.3. The van der Waals surface area contributed by atoms with Crippen molar-refractivity contribution in [1.29, 1.82) is 0 Å². The summed E-state index contributed by atoms with van der Waals surface area (Å²) in [7, 11) is 1.59. The molecule has 0 saturated carbocycles. The monoisotopic (exact) mass is 481 g/mol. The number of hydrogen-bond donors (Lipinski definition) is 0. The van der Waals surface area contributed by atoms with Crippen LogP contribution in [0.2, 0.25) is 0 Å². The van der Waals surface area contributed by atoms with Crippen molar-refractivity contribution in [1.82, 2.24) is 9.61 Å². The summed E-state index contributed by atoms with van der Waals surface area (Å²) in [6, 6.07) is 11.7. The van der Waals surface area contributed by atoms with Crippen molar-refractivity contribution in [2.45, 2.75) is 20.3 Å². The summed E-state index contributed by atoms with van der Waals surface area (Å²) in [4.78, 5) is 28.7. The van der Waals surface area contributed by atoms with Gasteiger partial charge in [-0.1, -0.05) is 30.3 Å². The van der Waals surface area contributed by atoms with Crippen LogP contribution in [0.15, 0.2) is 36.4 Å². The van der Waals surface area contributed by atoms with Crippen molar-refractivity contribution >= 4 is 23.3 Å². The topological polar surface area (TPSA) is 91.6 Å². The maximum atomic E-state index is 13.3. The molecule has 0 bridgehead atoms. The molecule has 35 heavy (non-hydrogen) atoms. The average molecular weight is 482 g/mol. The van der Waals surface area contributed by atoms with Gasteiger partial charge in [-0.05, 0) is 25.5 Å². The van der Waals surface area contributed by atoms with E-state index in [0.717, 1.165) is 16.9 Å². The highest BCUT2D eigenvalue weighted by atomic mass is 16.5. The predicted octanol–water partition coefficient (Wildman–Crippen LogP) is 3.38. The van der Waals surface area contributed by atoms with Gasteiger partial charge in [-0.2, -0.15) is 0 Å². The van der Waals surface area contributed by atoms with Crippen LogP contribution >= 0.6 is 0 Å². The van der Waals surface area contributed by atoms with E-state index in [1.54, 1.807) is 25.5 Å².